The number of piperazine rings is 1. The van der Waals surface area contributed by atoms with Gasteiger partial charge in [0.1, 0.15) is 0 Å². The highest BCUT2D eigenvalue weighted by molar-refractivity contribution is 7.89. The first-order chi connectivity index (χ1) is 13.4. The fraction of sp³-hybridized carbons (Fsp3) is 0.500. The van der Waals surface area contributed by atoms with Crippen LogP contribution in [-0.4, -0.2) is 79.2 Å². The van der Waals surface area contributed by atoms with Gasteiger partial charge in [0.05, 0.1) is 17.0 Å². The fourth-order valence-electron chi connectivity index (χ4n) is 3.65. The van der Waals surface area contributed by atoms with Crippen molar-refractivity contribution in [1.29, 1.82) is 0 Å². The Morgan fingerprint density at radius 2 is 1.79 bits per heavy atom. The molecule has 0 radical (unpaired) electrons. The summed E-state index contributed by atoms with van der Waals surface area (Å²) in [4.78, 5) is 20.8. The normalized spacial score (nSPS) is 16.4. The summed E-state index contributed by atoms with van der Waals surface area (Å²) in [7, 11) is -3.61. The SMILES string of the molecule is CCN(CC)C(=O)CN1CCN(S(=O)(=O)c2ccc(C)c3ncccc23)CC1. The van der Waals surface area contributed by atoms with Gasteiger partial charge >= 0.3 is 0 Å². The van der Waals surface area contributed by atoms with Gasteiger partial charge in [-0.2, -0.15) is 4.31 Å². The number of aromatic nitrogens is 1. The van der Waals surface area contributed by atoms with Crippen LogP contribution in [-0.2, 0) is 14.8 Å². The number of hydrogen-bond donors (Lipinski definition) is 0. The van der Waals surface area contributed by atoms with E-state index in [1.807, 2.05) is 25.7 Å². The van der Waals surface area contributed by atoms with Crippen molar-refractivity contribution >= 4 is 26.8 Å². The maximum atomic E-state index is 13.2. The molecule has 0 atom stereocenters. The second kappa shape index (κ2) is 8.55. The van der Waals surface area contributed by atoms with E-state index in [1.54, 1.807) is 35.4 Å². The minimum Gasteiger partial charge on any atom is -0.342 e. The quantitative estimate of drug-likeness (QED) is 0.733. The smallest absolute Gasteiger partial charge is 0.243 e. The standard InChI is InChI=1S/C20H28N4O3S/c1-4-23(5-2)19(25)15-22-11-13-24(14-12-22)28(26,27)18-9-8-16(3)20-17(18)7-6-10-21-20/h6-10H,4-5,11-15H2,1-3H3. The first-order valence-electron chi connectivity index (χ1n) is 9.73. The second-order valence-electron chi connectivity index (χ2n) is 7.03. The van der Waals surface area contributed by atoms with Gasteiger partial charge in [-0.05, 0) is 44.5 Å². The number of benzene rings is 1. The molecule has 0 saturated carbocycles. The molecule has 2 heterocycles. The highest BCUT2D eigenvalue weighted by atomic mass is 32.2. The van der Waals surface area contributed by atoms with E-state index in [0.717, 1.165) is 5.56 Å². The molecule has 1 aliphatic rings. The summed E-state index contributed by atoms with van der Waals surface area (Å²) in [5, 5.41) is 0.654. The Balaban J connectivity index is 1.74. The van der Waals surface area contributed by atoms with Gasteiger partial charge in [-0.15, -0.1) is 0 Å². The van der Waals surface area contributed by atoms with Crippen molar-refractivity contribution in [2.45, 2.75) is 25.7 Å². The molecule has 2 aromatic rings. The van der Waals surface area contributed by atoms with Gasteiger partial charge in [0.2, 0.25) is 15.9 Å². The molecule has 1 aliphatic heterocycles. The molecule has 152 valence electrons. The molecule has 1 amide bonds. The fourth-order valence-corrected chi connectivity index (χ4v) is 5.25. The highest BCUT2D eigenvalue weighted by Crippen LogP contribution is 2.27. The van der Waals surface area contributed by atoms with Gasteiger partial charge in [-0.1, -0.05) is 6.07 Å². The lowest BCUT2D eigenvalue weighted by Gasteiger charge is -2.34. The molecule has 1 aromatic carbocycles. The molecule has 0 N–H and O–H groups in total. The van der Waals surface area contributed by atoms with Gasteiger partial charge in [0.25, 0.3) is 0 Å². The third kappa shape index (κ3) is 4.04. The van der Waals surface area contributed by atoms with Crippen LogP contribution >= 0.6 is 0 Å². The largest absolute Gasteiger partial charge is 0.342 e. The maximum absolute atomic E-state index is 13.2. The minimum absolute atomic E-state index is 0.0944. The summed E-state index contributed by atoms with van der Waals surface area (Å²) in [6.07, 6.45) is 1.68. The van der Waals surface area contributed by atoms with Crippen molar-refractivity contribution in [3.63, 3.8) is 0 Å². The Morgan fingerprint density at radius 1 is 1.11 bits per heavy atom. The molecular weight excluding hydrogens is 376 g/mol. The van der Waals surface area contributed by atoms with Crippen LogP contribution in [0.3, 0.4) is 0 Å². The van der Waals surface area contributed by atoms with Crippen molar-refractivity contribution in [3.05, 3.63) is 36.0 Å². The lowest BCUT2D eigenvalue weighted by Crippen LogP contribution is -2.51. The number of carbonyl (C=O) groups excluding carboxylic acids is 1. The first kappa shape index (κ1) is 20.7. The molecule has 1 saturated heterocycles. The number of carbonyl (C=O) groups is 1. The zero-order valence-corrected chi connectivity index (χ0v) is 17.6. The van der Waals surface area contributed by atoms with E-state index in [4.69, 9.17) is 0 Å². The molecule has 8 heteroatoms. The minimum atomic E-state index is -3.61. The summed E-state index contributed by atoms with van der Waals surface area (Å²) < 4.78 is 28.0. The number of rotatable bonds is 6. The molecule has 0 bridgehead atoms. The van der Waals surface area contributed by atoms with Crippen molar-refractivity contribution in [1.82, 2.24) is 19.1 Å². The first-order valence-corrected chi connectivity index (χ1v) is 11.2. The van der Waals surface area contributed by atoms with E-state index in [0.29, 0.717) is 61.6 Å². The van der Waals surface area contributed by atoms with E-state index in [1.165, 1.54) is 4.31 Å². The van der Waals surface area contributed by atoms with E-state index >= 15 is 0 Å². The summed E-state index contributed by atoms with van der Waals surface area (Å²) in [6, 6.07) is 7.05. The predicted molar refractivity (Wildman–Crippen MR) is 110 cm³/mol. The molecule has 1 fully saturated rings. The van der Waals surface area contributed by atoms with Crippen LogP contribution in [0.1, 0.15) is 19.4 Å². The predicted octanol–water partition coefficient (Wildman–Crippen LogP) is 1.72. The van der Waals surface area contributed by atoms with Gasteiger partial charge < -0.3 is 4.90 Å². The highest BCUT2D eigenvalue weighted by Gasteiger charge is 2.30. The number of pyridine rings is 1. The van der Waals surface area contributed by atoms with Crippen LogP contribution in [0.15, 0.2) is 35.4 Å². The number of fused-ring (bicyclic) bond motifs is 1. The van der Waals surface area contributed by atoms with Crippen LogP contribution in [0.5, 0.6) is 0 Å². The van der Waals surface area contributed by atoms with Crippen LogP contribution < -0.4 is 0 Å². The zero-order valence-electron chi connectivity index (χ0n) is 16.8. The van der Waals surface area contributed by atoms with Crippen LogP contribution in [0.25, 0.3) is 10.9 Å². The number of hydrogen-bond acceptors (Lipinski definition) is 5. The number of likely N-dealkylation sites (N-methyl/N-ethyl adjacent to an activating group) is 1. The molecule has 0 aliphatic carbocycles. The van der Waals surface area contributed by atoms with E-state index < -0.39 is 10.0 Å². The van der Waals surface area contributed by atoms with Crippen molar-refractivity contribution in [2.75, 3.05) is 45.8 Å². The number of aryl methyl sites for hydroxylation is 1. The van der Waals surface area contributed by atoms with Crippen molar-refractivity contribution < 1.29 is 13.2 Å². The molecule has 0 unspecified atom stereocenters. The topological polar surface area (TPSA) is 73.8 Å². The number of amides is 1. The molecule has 0 spiro atoms. The molecule has 3 rings (SSSR count). The van der Waals surface area contributed by atoms with Crippen LogP contribution in [0.4, 0.5) is 0 Å². The number of sulfonamides is 1. The summed E-state index contributed by atoms with van der Waals surface area (Å²) in [6.45, 7) is 9.44. The Morgan fingerprint density at radius 3 is 2.43 bits per heavy atom. The lowest BCUT2D eigenvalue weighted by atomic mass is 10.1. The van der Waals surface area contributed by atoms with Crippen LogP contribution in [0.2, 0.25) is 0 Å². The van der Waals surface area contributed by atoms with E-state index in [2.05, 4.69) is 4.98 Å². The van der Waals surface area contributed by atoms with Crippen LogP contribution in [0, 0.1) is 6.92 Å². The Labute approximate surface area is 167 Å². The van der Waals surface area contributed by atoms with Crippen molar-refractivity contribution in [2.24, 2.45) is 0 Å². The second-order valence-corrected chi connectivity index (χ2v) is 8.93. The number of nitrogens with zero attached hydrogens (tertiary/aromatic N) is 4. The third-order valence-corrected chi connectivity index (χ3v) is 7.31. The van der Waals surface area contributed by atoms with Gasteiger partial charge in [-0.25, -0.2) is 8.42 Å². The van der Waals surface area contributed by atoms with Gasteiger partial charge in [0, 0.05) is 50.9 Å². The Hall–Kier alpha value is -2.03. The summed E-state index contributed by atoms with van der Waals surface area (Å²) in [5.41, 5.74) is 1.67. The zero-order chi connectivity index (χ0) is 20.3. The Kier molecular flexibility index (Phi) is 6.32. The molecule has 28 heavy (non-hydrogen) atoms. The molecule has 7 nitrogen and oxygen atoms in total. The van der Waals surface area contributed by atoms with E-state index in [9.17, 15) is 13.2 Å². The van der Waals surface area contributed by atoms with Gasteiger partial charge in [-0.3, -0.25) is 14.7 Å². The molecule has 1 aromatic heterocycles. The maximum Gasteiger partial charge on any atom is 0.243 e. The van der Waals surface area contributed by atoms with Crippen molar-refractivity contribution in [3.8, 4) is 0 Å². The monoisotopic (exact) mass is 404 g/mol. The summed E-state index contributed by atoms with van der Waals surface area (Å²) in [5.74, 6) is 0.0944. The third-order valence-electron chi connectivity index (χ3n) is 5.36. The lowest BCUT2D eigenvalue weighted by molar-refractivity contribution is -0.132. The average molecular weight is 405 g/mol. The van der Waals surface area contributed by atoms with Gasteiger partial charge in [0.15, 0.2) is 0 Å². The summed E-state index contributed by atoms with van der Waals surface area (Å²) >= 11 is 0. The average Bonchev–Trinajstić information content (AvgIpc) is 2.69. The van der Waals surface area contributed by atoms with E-state index in [-0.39, 0.29) is 5.91 Å². The Bertz CT molecular complexity index is 949. The molecular formula is C20H28N4O3S.